The predicted molar refractivity (Wildman–Crippen MR) is 71.8 cm³/mol. The number of aryl methyl sites for hydroxylation is 1. The second-order valence-corrected chi connectivity index (χ2v) is 5.66. The fourth-order valence-electron chi connectivity index (χ4n) is 2.77. The summed E-state index contributed by atoms with van der Waals surface area (Å²) in [6, 6.07) is 8.50. The van der Waals surface area contributed by atoms with E-state index in [1.807, 2.05) is 0 Å². The lowest BCUT2D eigenvalue weighted by atomic mass is 9.87. The smallest absolute Gasteiger partial charge is 0.134 e. The lowest BCUT2D eigenvalue weighted by molar-refractivity contribution is 0.390. The molecule has 3 rings (SSSR count). The summed E-state index contributed by atoms with van der Waals surface area (Å²) in [5, 5.41) is 1.44. The van der Waals surface area contributed by atoms with E-state index in [0.29, 0.717) is 5.92 Å². The van der Waals surface area contributed by atoms with Crippen molar-refractivity contribution in [2.24, 2.45) is 0 Å². The molecule has 1 aliphatic carbocycles. The van der Waals surface area contributed by atoms with Gasteiger partial charge in [0.2, 0.25) is 0 Å². The van der Waals surface area contributed by atoms with E-state index < -0.39 is 0 Å². The second-order valence-electron chi connectivity index (χ2n) is 5.10. The van der Waals surface area contributed by atoms with Crippen LogP contribution >= 0.6 is 11.6 Å². The van der Waals surface area contributed by atoms with Gasteiger partial charge >= 0.3 is 0 Å². The fourth-order valence-corrected chi connectivity index (χ4v) is 3.18. The molecule has 1 aromatic carbocycles. The third-order valence-corrected chi connectivity index (χ3v) is 4.26. The first kappa shape index (κ1) is 11.2. The Morgan fingerprint density at radius 3 is 2.82 bits per heavy atom. The molecule has 0 spiro atoms. The molecule has 1 saturated carbocycles. The molecule has 0 aliphatic heterocycles. The molecule has 90 valence electrons. The predicted octanol–water partition coefficient (Wildman–Crippen LogP) is 5.01. The van der Waals surface area contributed by atoms with Crippen molar-refractivity contribution in [3.8, 4) is 0 Å². The molecule has 2 aromatic rings. The summed E-state index contributed by atoms with van der Waals surface area (Å²) in [6.07, 6.45) is 4.79. The molecular weight excluding hydrogens is 232 g/mol. The number of fused-ring (bicyclic) bond motifs is 1. The summed E-state index contributed by atoms with van der Waals surface area (Å²) < 4.78 is 5.95. The largest absolute Gasteiger partial charge is 0.461 e. The van der Waals surface area contributed by atoms with Gasteiger partial charge in [0.1, 0.15) is 11.3 Å². The SMILES string of the molecule is Cc1ccc2oc(C3CCCCC3Cl)cc2c1. The minimum Gasteiger partial charge on any atom is -0.461 e. The number of hydrogen-bond donors (Lipinski definition) is 0. The Hall–Kier alpha value is -0.950. The summed E-state index contributed by atoms with van der Waals surface area (Å²) in [5.41, 5.74) is 2.26. The van der Waals surface area contributed by atoms with Gasteiger partial charge < -0.3 is 4.42 Å². The highest BCUT2D eigenvalue weighted by molar-refractivity contribution is 6.21. The van der Waals surface area contributed by atoms with Crippen LogP contribution in [0, 0.1) is 6.92 Å². The maximum absolute atomic E-state index is 6.42. The van der Waals surface area contributed by atoms with Crippen LogP contribution in [0.2, 0.25) is 0 Å². The van der Waals surface area contributed by atoms with E-state index in [-0.39, 0.29) is 5.38 Å². The van der Waals surface area contributed by atoms with E-state index >= 15 is 0 Å². The highest BCUT2D eigenvalue weighted by Crippen LogP contribution is 2.38. The molecule has 0 amide bonds. The first-order valence-corrected chi connectivity index (χ1v) is 6.82. The van der Waals surface area contributed by atoms with Crippen molar-refractivity contribution < 1.29 is 4.42 Å². The zero-order valence-electron chi connectivity index (χ0n) is 10.1. The average Bonchev–Trinajstić information content (AvgIpc) is 2.72. The Bertz CT molecular complexity index is 529. The van der Waals surface area contributed by atoms with Crippen LogP contribution in [-0.4, -0.2) is 5.38 Å². The normalized spacial score (nSPS) is 25.3. The summed E-state index contributed by atoms with van der Waals surface area (Å²) in [4.78, 5) is 0. The van der Waals surface area contributed by atoms with Crippen LogP contribution < -0.4 is 0 Å². The van der Waals surface area contributed by atoms with Gasteiger partial charge in [0.15, 0.2) is 0 Å². The van der Waals surface area contributed by atoms with E-state index in [2.05, 4.69) is 31.2 Å². The van der Waals surface area contributed by atoms with Gasteiger partial charge in [-0.3, -0.25) is 0 Å². The zero-order valence-corrected chi connectivity index (χ0v) is 10.8. The van der Waals surface area contributed by atoms with E-state index in [4.69, 9.17) is 16.0 Å². The lowest BCUT2D eigenvalue weighted by Gasteiger charge is -2.24. The van der Waals surface area contributed by atoms with Gasteiger partial charge in [-0.2, -0.15) is 0 Å². The molecule has 1 fully saturated rings. The zero-order chi connectivity index (χ0) is 11.8. The number of alkyl halides is 1. The third-order valence-electron chi connectivity index (χ3n) is 3.74. The summed E-state index contributed by atoms with van der Waals surface area (Å²) in [5.74, 6) is 1.48. The van der Waals surface area contributed by atoms with Crippen LogP contribution in [-0.2, 0) is 0 Å². The summed E-state index contributed by atoms with van der Waals surface area (Å²) >= 11 is 6.42. The van der Waals surface area contributed by atoms with E-state index in [1.54, 1.807) is 0 Å². The van der Waals surface area contributed by atoms with Crippen molar-refractivity contribution in [3.63, 3.8) is 0 Å². The van der Waals surface area contributed by atoms with Gasteiger partial charge in [-0.25, -0.2) is 0 Å². The molecular formula is C15H17ClO. The Kier molecular flexibility index (Phi) is 2.87. The maximum atomic E-state index is 6.42. The van der Waals surface area contributed by atoms with Crippen LogP contribution in [0.3, 0.4) is 0 Å². The van der Waals surface area contributed by atoms with Crippen LogP contribution in [0.15, 0.2) is 28.7 Å². The Balaban J connectivity index is 1.99. The van der Waals surface area contributed by atoms with Crippen LogP contribution in [0.5, 0.6) is 0 Å². The maximum Gasteiger partial charge on any atom is 0.134 e. The van der Waals surface area contributed by atoms with Gasteiger partial charge in [-0.05, 0) is 38.0 Å². The molecule has 2 unspecified atom stereocenters. The molecule has 1 nitrogen and oxygen atoms in total. The molecule has 1 heterocycles. The average molecular weight is 249 g/mol. The highest BCUT2D eigenvalue weighted by Gasteiger charge is 2.27. The van der Waals surface area contributed by atoms with Gasteiger partial charge in [0.25, 0.3) is 0 Å². The van der Waals surface area contributed by atoms with Crippen molar-refractivity contribution in [2.45, 2.75) is 43.9 Å². The molecule has 1 aromatic heterocycles. The molecule has 0 radical (unpaired) electrons. The quantitative estimate of drug-likeness (QED) is 0.647. The summed E-state index contributed by atoms with van der Waals surface area (Å²) in [7, 11) is 0. The Morgan fingerprint density at radius 1 is 1.18 bits per heavy atom. The number of benzene rings is 1. The molecule has 0 bridgehead atoms. The standard InChI is InChI=1S/C15H17ClO/c1-10-6-7-14-11(8-10)9-15(17-14)12-4-2-3-5-13(12)16/h6-9,12-13H,2-5H2,1H3. The topological polar surface area (TPSA) is 13.1 Å². The van der Waals surface area contributed by atoms with Crippen molar-refractivity contribution >= 4 is 22.6 Å². The van der Waals surface area contributed by atoms with Crippen molar-refractivity contribution in [3.05, 3.63) is 35.6 Å². The minimum absolute atomic E-state index is 0.241. The molecule has 0 N–H and O–H groups in total. The van der Waals surface area contributed by atoms with Gasteiger partial charge in [0.05, 0.1) is 0 Å². The molecule has 2 atom stereocenters. The molecule has 0 saturated heterocycles. The third kappa shape index (κ3) is 2.09. The van der Waals surface area contributed by atoms with Crippen LogP contribution in [0.1, 0.15) is 42.9 Å². The first-order valence-electron chi connectivity index (χ1n) is 6.38. The molecule has 17 heavy (non-hydrogen) atoms. The van der Waals surface area contributed by atoms with Crippen LogP contribution in [0.25, 0.3) is 11.0 Å². The molecule has 2 heteroatoms. The first-order chi connectivity index (χ1) is 8.24. The Morgan fingerprint density at radius 2 is 2.00 bits per heavy atom. The molecule has 1 aliphatic rings. The van der Waals surface area contributed by atoms with Gasteiger partial charge in [-0.15, -0.1) is 11.6 Å². The van der Waals surface area contributed by atoms with E-state index in [9.17, 15) is 0 Å². The van der Waals surface area contributed by atoms with Crippen molar-refractivity contribution in [2.75, 3.05) is 0 Å². The summed E-state index contributed by atoms with van der Waals surface area (Å²) in [6.45, 7) is 2.11. The number of halogens is 1. The van der Waals surface area contributed by atoms with Crippen LogP contribution in [0.4, 0.5) is 0 Å². The number of rotatable bonds is 1. The van der Waals surface area contributed by atoms with E-state index in [1.165, 1.54) is 23.8 Å². The Labute approximate surface area is 107 Å². The number of furan rings is 1. The number of hydrogen-bond acceptors (Lipinski definition) is 1. The lowest BCUT2D eigenvalue weighted by Crippen LogP contribution is -2.16. The minimum atomic E-state index is 0.241. The highest BCUT2D eigenvalue weighted by atomic mass is 35.5. The van der Waals surface area contributed by atoms with Gasteiger partial charge in [0, 0.05) is 16.7 Å². The monoisotopic (exact) mass is 248 g/mol. The van der Waals surface area contributed by atoms with Gasteiger partial charge in [-0.1, -0.05) is 24.5 Å². The second kappa shape index (κ2) is 4.38. The van der Waals surface area contributed by atoms with Crippen molar-refractivity contribution in [1.29, 1.82) is 0 Å². The van der Waals surface area contributed by atoms with E-state index in [0.717, 1.165) is 24.2 Å². The van der Waals surface area contributed by atoms with Crippen molar-refractivity contribution in [1.82, 2.24) is 0 Å². The fraction of sp³-hybridized carbons (Fsp3) is 0.467.